The van der Waals surface area contributed by atoms with Crippen molar-refractivity contribution in [1.29, 1.82) is 0 Å². The van der Waals surface area contributed by atoms with E-state index in [1.165, 1.54) is 17.8 Å². The number of anilines is 2. The third kappa shape index (κ3) is 2.46. The number of hydrogen-bond donors (Lipinski definition) is 2. The van der Waals surface area contributed by atoms with Gasteiger partial charge >= 0.3 is 0 Å². The van der Waals surface area contributed by atoms with Crippen LogP contribution in [0.25, 0.3) is 0 Å². The molecule has 1 aliphatic heterocycles. The monoisotopic (exact) mass is 268 g/mol. The van der Waals surface area contributed by atoms with E-state index < -0.39 is 0 Å². The Morgan fingerprint density at radius 2 is 2.13 bits per heavy atom. The largest absolute Gasteiger partial charge is 0.383 e. The topological polar surface area (TPSA) is 24.1 Å². The van der Waals surface area contributed by atoms with Crippen molar-refractivity contribution in [1.82, 2.24) is 0 Å². The standard InChI is InChI=1S/C12H17BrN2/c1-8(2)10-5-6-14-12-7-9(13)3-4-11(12)15-10/h3-4,7-8,10,14-15H,5-6H2,1-2H3. The predicted molar refractivity (Wildman–Crippen MR) is 69.5 cm³/mol. The van der Waals surface area contributed by atoms with Gasteiger partial charge in [0.25, 0.3) is 0 Å². The van der Waals surface area contributed by atoms with Gasteiger partial charge in [0.2, 0.25) is 0 Å². The number of fused-ring (bicyclic) bond motifs is 1. The molecule has 2 N–H and O–H groups in total. The number of nitrogens with one attached hydrogen (secondary N) is 2. The van der Waals surface area contributed by atoms with E-state index in [1.807, 2.05) is 0 Å². The molecule has 0 radical (unpaired) electrons. The molecule has 1 aromatic rings. The van der Waals surface area contributed by atoms with Crippen molar-refractivity contribution in [3.8, 4) is 0 Å². The Hall–Kier alpha value is -0.700. The molecular weight excluding hydrogens is 252 g/mol. The van der Waals surface area contributed by atoms with Crippen LogP contribution in [0.1, 0.15) is 20.3 Å². The Labute approximate surface area is 99.6 Å². The van der Waals surface area contributed by atoms with Crippen LogP contribution in [-0.4, -0.2) is 12.6 Å². The minimum Gasteiger partial charge on any atom is -0.383 e. The van der Waals surface area contributed by atoms with E-state index in [4.69, 9.17) is 0 Å². The molecule has 2 rings (SSSR count). The SMILES string of the molecule is CC(C)C1CCNc2cc(Br)ccc2N1. The predicted octanol–water partition coefficient (Wildman–Crippen LogP) is 3.70. The van der Waals surface area contributed by atoms with Crippen LogP contribution in [0.5, 0.6) is 0 Å². The van der Waals surface area contributed by atoms with Gasteiger partial charge in [-0.2, -0.15) is 0 Å². The van der Waals surface area contributed by atoms with Crippen LogP contribution < -0.4 is 10.6 Å². The highest BCUT2D eigenvalue weighted by Gasteiger charge is 2.17. The Kier molecular flexibility index (Phi) is 3.19. The first-order chi connectivity index (χ1) is 7.16. The number of halogens is 1. The zero-order valence-corrected chi connectivity index (χ0v) is 10.8. The van der Waals surface area contributed by atoms with E-state index in [9.17, 15) is 0 Å². The molecule has 0 bridgehead atoms. The van der Waals surface area contributed by atoms with Gasteiger partial charge in [-0.25, -0.2) is 0 Å². The van der Waals surface area contributed by atoms with Gasteiger partial charge in [0, 0.05) is 17.1 Å². The van der Waals surface area contributed by atoms with Gasteiger partial charge in [-0.05, 0) is 30.5 Å². The molecule has 82 valence electrons. The summed E-state index contributed by atoms with van der Waals surface area (Å²) >= 11 is 3.49. The molecule has 0 amide bonds. The first-order valence-electron chi connectivity index (χ1n) is 5.47. The molecule has 1 unspecified atom stereocenters. The lowest BCUT2D eigenvalue weighted by Gasteiger charge is -2.21. The summed E-state index contributed by atoms with van der Waals surface area (Å²) in [7, 11) is 0. The van der Waals surface area contributed by atoms with E-state index in [1.54, 1.807) is 0 Å². The summed E-state index contributed by atoms with van der Waals surface area (Å²) in [6.45, 7) is 5.57. The fourth-order valence-electron chi connectivity index (χ4n) is 1.92. The summed E-state index contributed by atoms with van der Waals surface area (Å²) in [6.07, 6.45) is 1.17. The quantitative estimate of drug-likeness (QED) is 0.812. The van der Waals surface area contributed by atoms with Crippen molar-refractivity contribution < 1.29 is 0 Å². The Morgan fingerprint density at radius 3 is 2.87 bits per heavy atom. The van der Waals surface area contributed by atoms with Crippen LogP contribution in [0.2, 0.25) is 0 Å². The van der Waals surface area contributed by atoms with E-state index in [2.05, 4.69) is 58.6 Å². The van der Waals surface area contributed by atoms with Gasteiger partial charge in [0.05, 0.1) is 11.4 Å². The minimum atomic E-state index is 0.569. The maximum Gasteiger partial charge on any atom is 0.0587 e. The third-order valence-electron chi connectivity index (χ3n) is 2.90. The first-order valence-corrected chi connectivity index (χ1v) is 6.26. The van der Waals surface area contributed by atoms with Gasteiger partial charge < -0.3 is 10.6 Å². The van der Waals surface area contributed by atoms with Crippen LogP contribution >= 0.6 is 15.9 Å². The minimum absolute atomic E-state index is 0.569. The Balaban J connectivity index is 2.26. The third-order valence-corrected chi connectivity index (χ3v) is 3.39. The Bertz CT molecular complexity index is 349. The van der Waals surface area contributed by atoms with Gasteiger partial charge in [-0.3, -0.25) is 0 Å². The molecule has 0 spiro atoms. The fourth-order valence-corrected chi connectivity index (χ4v) is 2.28. The van der Waals surface area contributed by atoms with E-state index in [-0.39, 0.29) is 0 Å². The van der Waals surface area contributed by atoms with Crippen LogP contribution in [0, 0.1) is 5.92 Å². The van der Waals surface area contributed by atoms with Crippen LogP contribution in [-0.2, 0) is 0 Å². The molecule has 0 aromatic heterocycles. The Morgan fingerprint density at radius 1 is 1.33 bits per heavy atom. The molecule has 1 aromatic carbocycles. The highest BCUT2D eigenvalue weighted by Crippen LogP contribution is 2.30. The van der Waals surface area contributed by atoms with Crippen LogP contribution in [0.3, 0.4) is 0 Å². The van der Waals surface area contributed by atoms with E-state index in [0.29, 0.717) is 12.0 Å². The lowest BCUT2D eigenvalue weighted by atomic mass is 10.0. The lowest BCUT2D eigenvalue weighted by molar-refractivity contribution is 0.507. The van der Waals surface area contributed by atoms with Crippen molar-refractivity contribution in [2.75, 3.05) is 17.2 Å². The van der Waals surface area contributed by atoms with Crippen LogP contribution in [0.15, 0.2) is 22.7 Å². The first kappa shape index (κ1) is 10.8. The molecule has 0 saturated carbocycles. The lowest BCUT2D eigenvalue weighted by Crippen LogP contribution is -2.25. The summed E-state index contributed by atoms with van der Waals surface area (Å²) in [5.74, 6) is 0.668. The van der Waals surface area contributed by atoms with Crippen molar-refractivity contribution in [2.45, 2.75) is 26.3 Å². The van der Waals surface area contributed by atoms with Gasteiger partial charge in [-0.15, -0.1) is 0 Å². The van der Waals surface area contributed by atoms with E-state index in [0.717, 1.165) is 11.0 Å². The second-order valence-corrected chi connectivity index (χ2v) is 5.32. The fraction of sp³-hybridized carbons (Fsp3) is 0.500. The second-order valence-electron chi connectivity index (χ2n) is 4.40. The average Bonchev–Trinajstić information content (AvgIpc) is 2.39. The molecule has 0 fully saturated rings. The normalized spacial score (nSPS) is 20.1. The summed E-state index contributed by atoms with van der Waals surface area (Å²) in [6, 6.07) is 6.91. The zero-order chi connectivity index (χ0) is 10.8. The molecule has 2 nitrogen and oxygen atoms in total. The zero-order valence-electron chi connectivity index (χ0n) is 9.18. The molecule has 0 saturated heterocycles. The maximum absolute atomic E-state index is 3.60. The second kappa shape index (κ2) is 4.44. The molecule has 0 aliphatic carbocycles. The summed E-state index contributed by atoms with van der Waals surface area (Å²) in [5, 5.41) is 7.06. The molecule has 3 heteroatoms. The van der Waals surface area contributed by atoms with Crippen molar-refractivity contribution in [3.05, 3.63) is 22.7 Å². The summed E-state index contributed by atoms with van der Waals surface area (Å²) in [4.78, 5) is 0. The van der Waals surface area contributed by atoms with Gasteiger partial charge in [0.1, 0.15) is 0 Å². The molecule has 1 atom stereocenters. The molecule has 15 heavy (non-hydrogen) atoms. The maximum atomic E-state index is 3.60. The molecule has 1 aliphatic rings. The van der Waals surface area contributed by atoms with Crippen molar-refractivity contribution >= 4 is 27.3 Å². The van der Waals surface area contributed by atoms with Gasteiger partial charge in [0.15, 0.2) is 0 Å². The van der Waals surface area contributed by atoms with Crippen LogP contribution in [0.4, 0.5) is 11.4 Å². The highest BCUT2D eigenvalue weighted by atomic mass is 79.9. The van der Waals surface area contributed by atoms with Crippen molar-refractivity contribution in [3.63, 3.8) is 0 Å². The highest BCUT2D eigenvalue weighted by molar-refractivity contribution is 9.10. The van der Waals surface area contributed by atoms with Gasteiger partial charge in [-0.1, -0.05) is 29.8 Å². The summed E-state index contributed by atoms with van der Waals surface area (Å²) < 4.78 is 1.12. The van der Waals surface area contributed by atoms with E-state index >= 15 is 0 Å². The summed E-state index contributed by atoms with van der Waals surface area (Å²) in [5.41, 5.74) is 2.42. The smallest absolute Gasteiger partial charge is 0.0587 e. The number of hydrogen-bond acceptors (Lipinski definition) is 2. The number of benzene rings is 1. The molecule has 1 heterocycles. The molecular formula is C12H17BrN2. The van der Waals surface area contributed by atoms with Crippen molar-refractivity contribution in [2.24, 2.45) is 5.92 Å². The average molecular weight is 269 g/mol. The number of rotatable bonds is 1.